The molecule has 0 bridgehead atoms. The van der Waals surface area contributed by atoms with Crippen LogP contribution in [0.2, 0.25) is 0 Å². The minimum Gasteiger partial charge on any atom is -0.303 e. The number of rotatable bonds is 5. The molecule has 1 aromatic rings. The molecule has 2 aliphatic rings. The Bertz CT molecular complexity index is 441. The fourth-order valence-electron chi connectivity index (χ4n) is 3.34. The molecular weight excluding hydrogens is 266 g/mol. The van der Waals surface area contributed by atoms with Crippen molar-refractivity contribution in [2.45, 2.75) is 64.0 Å². The third-order valence-corrected chi connectivity index (χ3v) is 5.72. The maximum atomic E-state index is 4.84. The lowest BCUT2D eigenvalue weighted by Crippen LogP contribution is -2.44. The monoisotopic (exact) mass is 293 g/mol. The van der Waals surface area contributed by atoms with Crippen LogP contribution in [-0.4, -0.2) is 35.6 Å². The minimum atomic E-state index is 0.155. The summed E-state index contributed by atoms with van der Waals surface area (Å²) < 4.78 is 0. The highest BCUT2D eigenvalue weighted by molar-refractivity contribution is 7.09. The summed E-state index contributed by atoms with van der Waals surface area (Å²) in [6.45, 7) is 8.12. The lowest BCUT2D eigenvalue weighted by atomic mass is 9.91. The number of nitrogens with zero attached hydrogens (tertiary/aromatic N) is 2. The van der Waals surface area contributed by atoms with Gasteiger partial charge in [0.1, 0.15) is 5.01 Å². The van der Waals surface area contributed by atoms with Crippen molar-refractivity contribution in [3.8, 4) is 0 Å². The van der Waals surface area contributed by atoms with Gasteiger partial charge in [0.25, 0.3) is 0 Å². The summed E-state index contributed by atoms with van der Waals surface area (Å²) in [5, 5.41) is 7.50. The van der Waals surface area contributed by atoms with E-state index in [2.05, 4.69) is 29.4 Å². The zero-order chi connectivity index (χ0) is 14.0. The summed E-state index contributed by atoms with van der Waals surface area (Å²) in [4.78, 5) is 7.47. The molecule has 3 rings (SSSR count). The molecule has 1 unspecified atom stereocenters. The van der Waals surface area contributed by atoms with E-state index in [4.69, 9.17) is 4.98 Å². The third kappa shape index (κ3) is 3.23. The molecular formula is C16H27N3S. The molecule has 112 valence electrons. The van der Waals surface area contributed by atoms with Crippen molar-refractivity contribution in [1.82, 2.24) is 15.2 Å². The van der Waals surface area contributed by atoms with Gasteiger partial charge in [0.2, 0.25) is 0 Å². The Morgan fingerprint density at radius 1 is 1.40 bits per heavy atom. The quantitative estimate of drug-likeness (QED) is 0.903. The van der Waals surface area contributed by atoms with Gasteiger partial charge in [-0.3, -0.25) is 0 Å². The summed E-state index contributed by atoms with van der Waals surface area (Å²) in [6.07, 6.45) is 7.72. The van der Waals surface area contributed by atoms with Crippen molar-refractivity contribution in [3.05, 3.63) is 16.1 Å². The molecule has 0 spiro atoms. The Kier molecular flexibility index (Phi) is 4.43. The number of nitrogens with one attached hydrogen (secondary N) is 1. The first-order valence-corrected chi connectivity index (χ1v) is 9.02. The zero-order valence-corrected chi connectivity index (χ0v) is 13.6. The van der Waals surface area contributed by atoms with E-state index >= 15 is 0 Å². The number of hydrogen-bond donors (Lipinski definition) is 1. The molecule has 1 aliphatic carbocycles. The molecule has 1 N–H and O–H groups in total. The lowest BCUT2D eigenvalue weighted by Gasteiger charge is -2.32. The normalized spacial score (nSPS) is 28.5. The molecule has 1 saturated carbocycles. The molecule has 2 heterocycles. The molecule has 1 aromatic heterocycles. The van der Waals surface area contributed by atoms with Crippen molar-refractivity contribution in [2.24, 2.45) is 0 Å². The predicted molar refractivity (Wildman–Crippen MR) is 85.3 cm³/mol. The Morgan fingerprint density at radius 3 is 2.90 bits per heavy atom. The topological polar surface area (TPSA) is 28.2 Å². The van der Waals surface area contributed by atoms with Crippen LogP contribution in [0.5, 0.6) is 0 Å². The predicted octanol–water partition coefficient (Wildman–Crippen LogP) is 3.29. The lowest BCUT2D eigenvalue weighted by molar-refractivity contribution is 0.254. The van der Waals surface area contributed by atoms with E-state index in [0.29, 0.717) is 0 Å². The van der Waals surface area contributed by atoms with Crippen molar-refractivity contribution >= 4 is 11.3 Å². The smallest absolute Gasteiger partial charge is 0.113 e. The molecule has 4 heteroatoms. The average Bonchev–Trinajstić information content (AvgIpc) is 3.17. The van der Waals surface area contributed by atoms with Crippen LogP contribution >= 0.6 is 11.3 Å². The summed E-state index contributed by atoms with van der Waals surface area (Å²) >= 11 is 1.86. The maximum Gasteiger partial charge on any atom is 0.113 e. The molecule has 1 aliphatic heterocycles. The highest BCUT2D eigenvalue weighted by Crippen LogP contribution is 2.38. The first-order chi connectivity index (χ1) is 9.72. The first kappa shape index (κ1) is 14.5. The highest BCUT2D eigenvalue weighted by Gasteiger charge is 2.40. The van der Waals surface area contributed by atoms with Gasteiger partial charge in [-0.25, -0.2) is 4.98 Å². The van der Waals surface area contributed by atoms with Crippen molar-refractivity contribution in [1.29, 1.82) is 0 Å². The van der Waals surface area contributed by atoms with Gasteiger partial charge in [-0.1, -0.05) is 6.92 Å². The summed E-state index contributed by atoms with van der Waals surface area (Å²) in [5.74, 6) is 0. The zero-order valence-electron chi connectivity index (χ0n) is 12.8. The van der Waals surface area contributed by atoms with Gasteiger partial charge in [0, 0.05) is 23.7 Å². The number of aromatic nitrogens is 1. The Hall–Kier alpha value is -0.450. The summed E-state index contributed by atoms with van der Waals surface area (Å²) in [7, 11) is 0. The second kappa shape index (κ2) is 6.12. The van der Waals surface area contributed by atoms with E-state index in [1.807, 2.05) is 11.3 Å². The second-order valence-corrected chi connectivity index (χ2v) is 7.35. The van der Waals surface area contributed by atoms with Crippen LogP contribution < -0.4 is 5.32 Å². The van der Waals surface area contributed by atoms with E-state index in [-0.39, 0.29) is 5.54 Å². The highest BCUT2D eigenvalue weighted by atomic mass is 32.1. The summed E-state index contributed by atoms with van der Waals surface area (Å²) in [6, 6.07) is 0.747. The molecule has 1 saturated heterocycles. The van der Waals surface area contributed by atoms with Crippen LogP contribution in [0.3, 0.4) is 0 Å². The van der Waals surface area contributed by atoms with Crippen LogP contribution in [0.1, 0.15) is 56.2 Å². The fourth-order valence-corrected chi connectivity index (χ4v) is 4.36. The molecule has 0 aromatic carbocycles. The van der Waals surface area contributed by atoms with Gasteiger partial charge in [-0.2, -0.15) is 0 Å². The molecule has 20 heavy (non-hydrogen) atoms. The van der Waals surface area contributed by atoms with Gasteiger partial charge in [-0.05, 0) is 58.5 Å². The van der Waals surface area contributed by atoms with Crippen LogP contribution in [0.15, 0.2) is 5.38 Å². The molecule has 3 nitrogen and oxygen atoms in total. The number of hydrogen-bond acceptors (Lipinski definition) is 4. The van der Waals surface area contributed by atoms with E-state index in [1.54, 1.807) is 0 Å². The van der Waals surface area contributed by atoms with Gasteiger partial charge < -0.3 is 10.2 Å². The SMILES string of the molecule is CCCN1CCCC(NC2CC2)(c2nc(C)cs2)CC1. The van der Waals surface area contributed by atoms with E-state index in [9.17, 15) is 0 Å². The van der Waals surface area contributed by atoms with Crippen LogP contribution in [0, 0.1) is 6.92 Å². The van der Waals surface area contributed by atoms with Gasteiger partial charge in [0.05, 0.1) is 5.54 Å². The second-order valence-electron chi connectivity index (χ2n) is 6.49. The maximum absolute atomic E-state index is 4.84. The Labute approximate surface area is 126 Å². The largest absolute Gasteiger partial charge is 0.303 e. The number of thiazole rings is 1. The molecule has 2 fully saturated rings. The van der Waals surface area contributed by atoms with Crippen LogP contribution in [-0.2, 0) is 5.54 Å². The Morgan fingerprint density at radius 2 is 2.25 bits per heavy atom. The van der Waals surface area contributed by atoms with Crippen LogP contribution in [0.25, 0.3) is 0 Å². The van der Waals surface area contributed by atoms with E-state index in [1.165, 1.54) is 68.9 Å². The fraction of sp³-hybridized carbons (Fsp3) is 0.812. The Balaban J connectivity index is 1.78. The van der Waals surface area contributed by atoms with E-state index < -0.39 is 0 Å². The van der Waals surface area contributed by atoms with Gasteiger partial charge >= 0.3 is 0 Å². The van der Waals surface area contributed by atoms with Gasteiger partial charge in [0.15, 0.2) is 0 Å². The summed E-state index contributed by atoms with van der Waals surface area (Å²) in [5.41, 5.74) is 1.33. The standard InChI is InChI=1S/C16H27N3S/c1-3-9-19-10-4-7-16(8-11-19,18-14-5-6-14)15-17-13(2)12-20-15/h12,14,18H,3-11H2,1-2H3. The van der Waals surface area contributed by atoms with Crippen LogP contribution in [0.4, 0.5) is 0 Å². The third-order valence-electron chi connectivity index (χ3n) is 4.56. The van der Waals surface area contributed by atoms with Crippen molar-refractivity contribution < 1.29 is 0 Å². The van der Waals surface area contributed by atoms with Crippen molar-refractivity contribution in [3.63, 3.8) is 0 Å². The number of likely N-dealkylation sites (tertiary alicyclic amines) is 1. The molecule has 0 amide bonds. The van der Waals surface area contributed by atoms with E-state index in [0.717, 1.165) is 6.04 Å². The first-order valence-electron chi connectivity index (χ1n) is 8.14. The van der Waals surface area contributed by atoms with Crippen molar-refractivity contribution in [2.75, 3.05) is 19.6 Å². The number of aryl methyl sites for hydroxylation is 1. The minimum absolute atomic E-state index is 0.155. The average molecular weight is 293 g/mol. The van der Waals surface area contributed by atoms with Gasteiger partial charge in [-0.15, -0.1) is 11.3 Å². The molecule has 0 radical (unpaired) electrons. The molecule has 1 atom stereocenters.